The van der Waals surface area contributed by atoms with Crippen LogP contribution in [0.5, 0.6) is 0 Å². The molecule has 0 radical (unpaired) electrons. The van der Waals surface area contributed by atoms with E-state index in [0.717, 1.165) is 19.6 Å². The van der Waals surface area contributed by atoms with E-state index in [1.54, 1.807) is 0 Å². The summed E-state index contributed by atoms with van der Waals surface area (Å²) in [5, 5.41) is 3.41. The molecule has 0 amide bonds. The molecule has 1 rings (SSSR count). The smallest absolute Gasteiger partial charge is 0.309 e. The minimum Gasteiger partial charge on any atom is -0.469 e. The number of hydrogen-bond acceptors (Lipinski definition) is 4. The van der Waals surface area contributed by atoms with Crippen LogP contribution in [0.2, 0.25) is 0 Å². The van der Waals surface area contributed by atoms with E-state index < -0.39 is 0 Å². The Morgan fingerprint density at radius 2 is 1.81 bits per heavy atom. The third kappa shape index (κ3) is 5.48. The van der Waals surface area contributed by atoms with Crippen molar-refractivity contribution in [3.05, 3.63) is 35.9 Å². The zero-order chi connectivity index (χ0) is 15.7. The van der Waals surface area contributed by atoms with E-state index in [2.05, 4.69) is 48.3 Å². The Morgan fingerprint density at radius 1 is 1.19 bits per heavy atom. The maximum Gasteiger partial charge on any atom is 0.309 e. The molecule has 1 N–H and O–H groups in total. The van der Waals surface area contributed by atoms with Crippen LogP contribution in [0, 0.1) is 5.92 Å². The standard InChI is InChI=1S/C17H28N2O2/c1-5-19(6-2)16(15-10-8-7-9-11-15)13-18-12-14(3)17(20)21-4/h7-11,14,16,18H,5-6,12-13H2,1-4H3. The van der Waals surface area contributed by atoms with Gasteiger partial charge in [-0.25, -0.2) is 0 Å². The Balaban J connectivity index is 2.64. The first kappa shape index (κ1) is 17.7. The van der Waals surface area contributed by atoms with Gasteiger partial charge in [0.25, 0.3) is 0 Å². The highest BCUT2D eigenvalue weighted by atomic mass is 16.5. The van der Waals surface area contributed by atoms with E-state index in [1.807, 2.05) is 13.0 Å². The molecule has 0 saturated carbocycles. The first-order valence-corrected chi connectivity index (χ1v) is 7.71. The zero-order valence-corrected chi connectivity index (χ0v) is 13.6. The van der Waals surface area contributed by atoms with E-state index in [-0.39, 0.29) is 11.9 Å². The lowest BCUT2D eigenvalue weighted by Crippen LogP contribution is -2.38. The average molecular weight is 292 g/mol. The first-order chi connectivity index (χ1) is 10.1. The Hall–Kier alpha value is -1.39. The predicted molar refractivity (Wildman–Crippen MR) is 86.2 cm³/mol. The molecule has 2 unspecified atom stereocenters. The number of benzene rings is 1. The van der Waals surface area contributed by atoms with Crippen LogP contribution in [0.1, 0.15) is 32.4 Å². The largest absolute Gasteiger partial charge is 0.469 e. The molecule has 0 heterocycles. The molecule has 0 fully saturated rings. The van der Waals surface area contributed by atoms with Gasteiger partial charge in [0.15, 0.2) is 0 Å². The van der Waals surface area contributed by atoms with Gasteiger partial charge in [-0.05, 0) is 18.7 Å². The van der Waals surface area contributed by atoms with Crippen LogP contribution in [0.15, 0.2) is 30.3 Å². The van der Waals surface area contributed by atoms with Crippen molar-refractivity contribution in [3.63, 3.8) is 0 Å². The van der Waals surface area contributed by atoms with Crippen molar-refractivity contribution >= 4 is 5.97 Å². The molecule has 0 aliphatic carbocycles. The number of nitrogens with one attached hydrogen (secondary N) is 1. The molecule has 1 aromatic carbocycles. The van der Waals surface area contributed by atoms with Crippen molar-refractivity contribution in [1.29, 1.82) is 0 Å². The van der Waals surface area contributed by atoms with E-state index in [4.69, 9.17) is 4.74 Å². The van der Waals surface area contributed by atoms with Crippen LogP contribution in [-0.2, 0) is 9.53 Å². The van der Waals surface area contributed by atoms with E-state index in [1.165, 1.54) is 12.7 Å². The summed E-state index contributed by atoms with van der Waals surface area (Å²) >= 11 is 0. The summed E-state index contributed by atoms with van der Waals surface area (Å²) in [6, 6.07) is 10.8. The molecule has 4 nitrogen and oxygen atoms in total. The molecule has 0 bridgehead atoms. The van der Waals surface area contributed by atoms with Crippen LogP contribution >= 0.6 is 0 Å². The van der Waals surface area contributed by atoms with Crippen molar-refractivity contribution in [2.45, 2.75) is 26.8 Å². The number of carbonyl (C=O) groups is 1. The highest BCUT2D eigenvalue weighted by Crippen LogP contribution is 2.19. The third-order valence-corrected chi connectivity index (χ3v) is 3.83. The molecule has 118 valence electrons. The molecule has 21 heavy (non-hydrogen) atoms. The van der Waals surface area contributed by atoms with Crippen molar-refractivity contribution < 1.29 is 9.53 Å². The molecule has 0 spiro atoms. The Kier molecular flexibility index (Phi) is 8.01. The number of carbonyl (C=O) groups excluding carboxylic acids is 1. The summed E-state index contributed by atoms with van der Waals surface area (Å²) in [5.41, 5.74) is 1.31. The zero-order valence-electron chi connectivity index (χ0n) is 13.6. The van der Waals surface area contributed by atoms with Gasteiger partial charge in [0.1, 0.15) is 0 Å². The normalized spacial score (nSPS) is 14.0. The molecule has 4 heteroatoms. The van der Waals surface area contributed by atoms with Gasteiger partial charge in [-0.2, -0.15) is 0 Å². The van der Waals surface area contributed by atoms with Gasteiger partial charge in [-0.15, -0.1) is 0 Å². The molecule has 0 aliphatic rings. The van der Waals surface area contributed by atoms with Gasteiger partial charge < -0.3 is 10.1 Å². The Labute approximate surface area is 128 Å². The highest BCUT2D eigenvalue weighted by molar-refractivity contribution is 5.72. The number of methoxy groups -OCH3 is 1. The van der Waals surface area contributed by atoms with Gasteiger partial charge >= 0.3 is 5.97 Å². The summed E-state index contributed by atoms with van der Waals surface area (Å²) in [4.78, 5) is 13.9. The third-order valence-electron chi connectivity index (χ3n) is 3.83. The Morgan fingerprint density at radius 3 is 2.33 bits per heavy atom. The molecule has 1 aromatic rings. The first-order valence-electron chi connectivity index (χ1n) is 7.71. The van der Waals surface area contributed by atoms with Crippen LogP contribution in [0.25, 0.3) is 0 Å². The monoisotopic (exact) mass is 292 g/mol. The van der Waals surface area contributed by atoms with Crippen LogP contribution in [-0.4, -0.2) is 44.2 Å². The number of hydrogen-bond donors (Lipinski definition) is 1. The molecule has 0 aromatic heterocycles. The highest BCUT2D eigenvalue weighted by Gasteiger charge is 2.19. The van der Waals surface area contributed by atoms with Gasteiger partial charge in [0, 0.05) is 19.1 Å². The minimum absolute atomic E-state index is 0.122. The van der Waals surface area contributed by atoms with Crippen molar-refractivity contribution in [2.75, 3.05) is 33.3 Å². The lowest BCUT2D eigenvalue weighted by atomic mass is 10.0. The number of rotatable bonds is 9. The van der Waals surface area contributed by atoms with Gasteiger partial charge in [-0.1, -0.05) is 51.1 Å². The van der Waals surface area contributed by atoms with Crippen LogP contribution in [0.3, 0.4) is 0 Å². The SMILES string of the molecule is CCN(CC)C(CNCC(C)C(=O)OC)c1ccccc1. The molecular formula is C17H28N2O2. The predicted octanol–water partition coefficient (Wildman–Crippen LogP) is 2.47. The molecule has 0 saturated heterocycles. The summed E-state index contributed by atoms with van der Waals surface area (Å²) in [6.45, 7) is 9.71. The van der Waals surface area contributed by atoms with Crippen molar-refractivity contribution in [1.82, 2.24) is 10.2 Å². The summed E-state index contributed by atoms with van der Waals surface area (Å²) < 4.78 is 4.75. The molecular weight excluding hydrogens is 264 g/mol. The number of nitrogens with zero attached hydrogens (tertiary/aromatic N) is 1. The molecule has 2 atom stereocenters. The minimum atomic E-state index is -0.165. The second-order valence-corrected chi connectivity index (χ2v) is 5.23. The topological polar surface area (TPSA) is 41.6 Å². The fourth-order valence-electron chi connectivity index (χ4n) is 2.52. The fourth-order valence-corrected chi connectivity index (χ4v) is 2.52. The number of likely N-dealkylation sites (N-methyl/N-ethyl adjacent to an activating group) is 1. The molecule has 0 aliphatic heterocycles. The average Bonchev–Trinajstić information content (AvgIpc) is 2.54. The summed E-state index contributed by atoms with van der Waals surface area (Å²) in [7, 11) is 1.43. The van der Waals surface area contributed by atoms with Gasteiger partial charge in [-0.3, -0.25) is 9.69 Å². The summed E-state index contributed by atoms with van der Waals surface area (Å²) in [6.07, 6.45) is 0. The van der Waals surface area contributed by atoms with Crippen molar-refractivity contribution in [2.24, 2.45) is 5.92 Å². The van der Waals surface area contributed by atoms with Crippen LogP contribution < -0.4 is 5.32 Å². The Bertz CT molecular complexity index is 405. The van der Waals surface area contributed by atoms with E-state index >= 15 is 0 Å². The van der Waals surface area contributed by atoms with E-state index in [0.29, 0.717) is 12.6 Å². The van der Waals surface area contributed by atoms with Crippen molar-refractivity contribution in [3.8, 4) is 0 Å². The fraction of sp³-hybridized carbons (Fsp3) is 0.588. The number of ether oxygens (including phenoxy) is 1. The second kappa shape index (κ2) is 9.53. The lowest BCUT2D eigenvalue weighted by molar-refractivity contribution is -0.144. The quantitative estimate of drug-likeness (QED) is 0.710. The summed E-state index contributed by atoms with van der Waals surface area (Å²) in [5.74, 6) is -0.287. The maximum atomic E-state index is 11.4. The maximum absolute atomic E-state index is 11.4. The van der Waals surface area contributed by atoms with Gasteiger partial charge in [0.2, 0.25) is 0 Å². The van der Waals surface area contributed by atoms with E-state index in [9.17, 15) is 4.79 Å². The second-order valence-electron chi connectivity index (χ2n) is 5.23. The lowest BCUT2D eigenvalue weighted by Gasteiger charge is -2.30. The van der Waals surface area contributed by atoms with Gasteiger partial charge in [0.05, 0.1) is 13.0 Å². The van der Waals surface area contributed by atoms with Crippen LogP contribution in [0.4, 0.5) is 0 Å². The number of esters is 1.